The Hall–Kier alpha value is -3.01. The van der Waals surface area contributed by atoms with Gasteiger partial charge in [-0.25, -0.2) is 0 Å². The first-order chi connectivity index (χ1) is 14.4. The van der Waals surface area contributed by atoms with E-state index in [0.29, 0.717) is 28.2 Å². The number of anilines is 1. The molecule has 0 aliphatic heterocycles. The summed E-state index contributed by atoms with van der Waals surface area (Å²) in [5.74, 6) is 0.769. The number of hydrogen-bond acceptors (Lipinski definition) is 7. The van der Waals surface area contributed by atoms with E-state index in [-0.39, 0.29) is 5.82 Å². The van der Waals surface area contributed by atoms with E-state index in [9.17, 15) is 10.1 Å². The number of ether oxygens (including phenoxy) is 2. The highest BCUT2D eigenvalue weighted by Crippen LogP contribution is 2.34. The number of nitrogens with zero attached hydrogens (tertiary/aromatic N) is 4. The first-order valence-electron chi connectivity index (χ1n) is 8.27. The summed E-state index contributed by atoms with van der Waals surface area (Å²) in [5, 5.41) is 22.4. The molecule has 0 atom stereocenters. The van der Waals surface area contributed by atoms with E-state index >= 15 is 0 Å². The van der Waals surface area contributed by atoms with Crippen molar-refractivity contribution in [2.24, 2.45) is 0 Å². The number of hydrogen-bond donors (Lipinski definition) is 1. The third-order valence-electron chi connectivity index (χ3n) is 3.99. The lowest BCUT2D eigenvalue weighted by molar-refractivity contribution is -0.419. The zero-order valence-corrected chi connectivity index (χ0v) is 17.9. The Labute approximate surface area is 185 Å². The Balaban J connectivity index is 2.27. The van der Waals surface area contributed by atoms with Crippen molar-refractivity contribution >= 4 is 57.3 Å². The number of fused-ring (bicyclic) bond motifs is 1. The van der Waals surface area contributed by atoms with Gasteiger partial charge in [0.2, 0.25) is 5.82 Å². The summed E-state index contributed by atoms with van der Waals surface area (Å²) in [6.07, 6.45) is 0. The van der Waals surface area contributed by atoms with E-state index in [1.54, 1.807) is 42.5 Å². The standard InChI is InChI=1S/C18H14Cl3N5O4/c1-29-13-8-7-10(9-14(13)30-2)22-18(16(26(27)28)15(19)17(20)21)25-12-6-4-3-5-11(12)23-24-25/h3-9,22H,1-2H3/b18-16-. The Morgan fingerprint density at radius 2 is 1.80 bits per heavy atom. The van der Waals surface area contributed by atoms with Crippen LogP contribution < -0.4 is 14.8 Å². The second-order valence-corrected chi connectivity index (χ2v) is 7.04. The smallest absolute Gasteiger partial charge is 0.332 e. The van der Waals surface area contributed by atoms with Gasteiger partial charge < -0.3 is 14.8 Å². The van der Waals surface area contributed by atoms with Gasteiger partial charge in [-0.15, -0.1) is 5.10 Å². The molecule has 0 aliphatic carbocycles. The molecule has 0 spiro atoms. The molecule has 0 amide bonds. The van der Waals surface area contributed by atoms with Gasteiger partial charge in [0, 0.05) is 11.8 Å². The SMILES string of the molecule is COc1ccc(N/C(=C(\C(Cl)=C(Cl)Cl)[N+](=O)[O-])n2nnc3ccccc32)cc1OC. The van der Waals surface area contributed by atoms with E-state index in [2.05, 4.69) is 15.6 Å². The first-order valence-corrected chi connectivity index (χ1v) is 9.40. The summed E-state index contributed by atoms with van der Waals surface area (Å²) in [6.45, 7) is 0. The lowest BCUT2D eigenvalue weighted by Crippen LogP contribution is -2.16. The highest BCUT2D eigenvalue weighted by Gasteiger charge is 2.29. The van der Waals surface area contributed by atoms with Crippen LogP contribution in [0.15, 0.2) is 57.7 Å². The minimum Gasteiger partial charge on any atom is -0.493 e. The van der Waals surface area contributed by atoms with Crippen LogP contribution in [0.4, 0.5) is 5.69 Å². The Morgan fingerprint density at radius 3 is 2.43 bits per heavy atom. The van der Waals surface area contributed by atoms with Gasteiger partial charge in [0.05, 0.1) is 24.7 Å². The molecule has 156 valence electrons. The molecular formula is C18H14Cl3N5O4. The topological polar surface area (TPSA) is 104 Å². The fourth-order valence-corrected chi connectivity index (χ4v) is 2.99. The Morgan fingerprint density at radius 1 is 1.10 bits per heavy atom. The van der Waals surface area contributed by atoms with Gasteiger partial charge in [-0.1, -0.05) is 52.1 Å². The summed E-state index contributed by atoms with van der Waals surface area (Å²) in [4.78, 5) is 11.2. The maximum Gasteiger partial charge on any atom is 0.332 e. The maximum atomic E-state index is 11.9. The number of aromatic nitrogens is 3. The molecule has 0 unspecified atom stereocenters. The largest absolute Gasteiger partial charge is 0.493 e. The van der Waals surface area contributed by atoms with E-state index in [1.165, 1.54) is 18.9 Å². The quantitative estimate of drug-likeness (QED) is 0.299. The van der Waals surface area contributed by atoms with Crippen molar-refractivity contribution in [1.82, 2.24) is 15.0 Å². The first kappa shape index (κ1) is 21.7. The van der Waals surface area contributed by atoms with Gasteiger partial charge in [-0.2, -0.15) is 4.68 Å². The average Bonchev–Trinajstić information content (AvgIpc) is 3.16. The number of nitrogens with one attached hydrogen (secondary N) is 1. The molecule has 0 radical (unpaired) electrons. The minimum atomic E-state index is -0.716. The fraction of sp³-hybridized carbons (Fsp3) is 0.111. The fourth-order valence-electron chi connectivity index (χ4n) is 2.66. The van der Waals surface area contributed by atoms with Gasteiger partial charge in [0.25, 0.3) is 0 Å². The van der Waals surface area contributed by atoms with E-state index in [0.717, 1.165) is 0 Å². The van der Waals surface area contributed by atoms with Gasteiger partial charge in [0.15, 0.2) is 16.5 Å². The van der Waals surface area contributed by atoms with Crippen LogP contribution in [-0.2, 0) is 0 Å². The summed E-state index contributed by atoms with van der Waals surface area (Å²) in [6, 6.07) is 11.8. The van der Waals surface area contributed by atoms with Crippen molar-refractivity contribution in [3.63, 3.8) is 0 Å². The Kier molecular flexibility index (Phi) is 6.66. The molecule has 9 nitrogen and oxygen atoms in total. The highest BCUT2D eigenvalue weighted by molar-refractivity contribution is 6.59. The van der Waals surface area contributed by atoms with E-state index < -0.39 is 20.1 Å². The second-order valence-electron chi connectivity index (χ2n) is 5.71. The molecule has 1 heterocycles. The van der Waals surface area contributed by atoms with Crippen LogP contribution in [0.2, 0.25) is 0 Å². The number of benzene rings is 2. The molecule has 0 saturated carbocycles. The number of nitro groups is 1. The van der Waals surface area contributed by atoms with Crippen molar-refractivity contribution < 1.29 is 14.4 Å². The number of rotatable bonds is 7. The third-order valence-corrected chi connectivity index (χ3v) is 4.93. The van der Waals surface area contributed by atoms with E-state index in [4.69, 9.17) is 44.3 Å². The molecule has 0 fully saturated rings. The molecular weight excluding hydrogens is 457 g/mol. The van der Waals surface area contributed by atoms with Gasteiger partial charge in [0.1, 0.15) is 10.0 Å². The van der Waals surface area contributed by atoms with Crippen LogP contribution in [0.5, 0.6) is 11.5 Å². The molecule has 3 rings (SSSR count). The molecule has 30 heavy (non-hydrogen) atoms. The van der Waals surface area contributed by atoms with Crippen LogP contribution in [-0.4, -0.2) is 34.1 Å². The summed E-state index contributed by atoms with van der Waals surface area (Å²) < 4.78 is 11.3. The second kappa shape index (κ2) is 9.21. The minimum absolute atomic E-state index is 0.121. The van der Waals surface area contributed by atoms with Crippen molar-refractivity contribution in [2.75, 3.05) is 19.5 Å². The van der Waals surface area contributed by atoms with Gasteiger partial charge in [-0.05, 0) is 24.3 Å². The lowest BCUT2D eigenvalue weighted by atomic mass is 10.2. The molecule has 3 aromatic rings. The summed E-state index contributed by atoms with van der Waals surface area (Å²) in [7, 11) is 2.97. The Bertz CT molecular complexity index is 1170. The summed E-state index contributed by atoms with van der Waals surface area (Å²) in [5.41, 5.74) is 0.845. The zero-order chi connectivity index (χ0) is 21.8. The zero-order valence-electron chi connectivity index (χ0n) is 15.6. The van der Waals surface area contributed by atoms with Crippen molar-refractivity contribution in [3.05, 3.63) is 67.8 Å². The monoisotopic (exact) mass is 469 g/mol. The molecule has 2 aromatic carbocycles. The molecule has 1 aromatic heterocycles. The van der Waals surface area contributed by atoms with Crippen LogP contribution in [0, 0.1) is 10.1 Å². The van der Waals surface area contributed by atoms with Crippen LogP contribution in [0.25, 0.3) is 16.9 Å². The number of allylic oxidation sites excluding steroid dienone is 1. The van der Waals surface area contributed by atoms with Crippen LogP contribution in [0.3, 0.4) is 0 Å². The predicted octanol–water partition coefficient (Wildman–Crippen LogP) is 4.85. The molecule has 0 aliphatic rings. The van der Waals surface area contributed by atoms with E-state index in [1.807, 2.05) is 0 Å². The molecule has 0 bridgehead atoms. The van der Waals surface area contributed by atoms with Crippen molar-refractivity contribution in [1.29, 1.82) is 0 Å². The van der Waals surface area contributed by atoms with Crippen molar-refractivity contribution in [2.45, 2.75) is 0 Å². The van der Waals surface area contributed by atoms with Crippen LogP contribution in [0.1, 0.15) is 0 Å². The van der Waals surface area contributed by atoms with Gasteiger partial charge in [-0.3, -0.25) is 10.1 Å². The number of methoxy groups -OCH3 is 2. The number of halogens is 3. The molecule has 1 N–H and O–H groups in total. The molecule has 12 heteroatoms. The number of para-hydroxylation sites is 1. The van der Waals surface area contributed by atoms with Crippen molar-refractivity contribution in [3.8, 4) is 11.5 Å². The van der Waals surface area contributed by atoms with Gasteiger partial charge >= 0.3 is 5.70 Å². The normalized spacial score (nSPS) is 11.6. The van der Waals surface area contributed by atoms with Crippen LogP contribution >= 0.6 is 34.8 Å². The predicted molar refractivity (Wildman–Crippen MR) is 115 cm³/mol. The average molecular weight is 471 g/mol. The third kappa shape index (κ3) is 4.28. The maximum absolute atomic E-state index is 11.9. The highest BCUT2D eigenvalue weighted by atomic mass is 35.5. The summed E-state index contributed by atoms with van der Waals surface area (Å²) >= 11 is 17.6. The lowest BCUT2D eigenvalue weighted by Gasteiger charge is -2.14. The molecule has 0 saturated heterocycles.